The van der Waals surface area contributed by atoms with E-state index in [-0.39, 0.29) is 5.60 Å². The molecule has 16 heavy (non-hydrogen) atoms. The molecule has 1 N–H and O–H groups in total. The van der Waals surface area contributed by atoms with Crippen molar-refractivity contribution in [2.45, 2.75) is 39.4 Å². The van der Waals surface area contributed by atoms with Gasteiger partial charge in [-0.05, 0) is 51.9 Å². The summed E-state index contributed by atoms with van der Waals surface area (Å²) in [6.45, 7) is 7.96. The highest BCUT2D eigenvalue weighted by molar-refractivity contribution is 5.26. The first-order valence-electron chi connectivity index (χ1n) is 5.88. The molecule has 0 unspecified atom stereocenters. The normalized spacial score (nSPS) is 11.8. The van der Waals surface area contributed by atoms with E-state index in [1.54, 1.807) is 0 Å². The second-order valence-corrected chi connectivity index (χ2v) is 5.02. The highest BCUT2D eigenvalue weighted by atomic mass is 16.5. The van der Waals surface area contributed by atoms with Gasteiger partial charge >= 0.3 is 0 Å². The van der Waals surface area contributed by atoms with Crippen molar-refractivity contribution in [3.05, 3.63) is 35.4 Å². The predicted octanol–water partition coefficient (Wildman–Crippen LogP) is 2.76. The number of benzene rings is 1. The standard InChI is InChI=1S/C14H23NO/c1-14(2,3)16-11-13-8-6-5-7-12(13)9-10-15-4/h5-8,15H,9-11H2,1-4H3. The summed E-state index contributed by atoms with van der Waals surface area (Å²) in [7, 11) is 1.98. The van der Waals surface area contributed by atoms with Crippen molar-refractivity contribution in [1.29, 1.82) is 0 Å². The van der Waals surface area contributed by atoms with Crippen molar-refractivity contribution in [2.75, 3.05) is 13.6 Å². The monoisotopic (exact) mass is 221 g/mol. The molecule has 1 rings (SSSR count). The van der Waals surface area contributed by atoms with Crippen LogP contribution in [0.2, 0.25) is 0 Å². The van der Waals surface area contributed by atoms with Crippen LogP contribution >= 0.6 is 0 Å². The van der Waals surface area contributed by atoms with Gasteiger partial charge < -0.3 is 10.1 Å². The van der Waals surface area contributed by atoms with Crippen LogP contribution in [0.25, 0.3) is 0 Å². The lowest BCUT2D eigenvalue weighted by Crippen LogP contribution is -2.19. The summed E-state index contributed by atoms with van der Waals surface area (Å²) in [5.41, 5.74) is 2.60. The van der Waals surface area contributed by atoms with Crippen LogP contribution in [0.4, 0.5) is 0 Å². The lowest BCUT2D eigenvalue weighted by atomic mass is 10.0. The summed E-state index contributed by atoms with van der Waals surface area (Å²) < 4.78 is 5.82. The molecule has 2 heteroatoms. The van der Waals surface area contributed by atoms with E-state index in [9.17, 15) is 0 Å². The van der Waals surface area contributed by atoms with Crippen LogP contribution < -0.4 is 5.32 Å². The lowest BCUT2D eigenvalue weighted by molar-refractivity contribution is -0.0152. The van der Waals surface area contributed by atoms with Gasteiger partial charge in [0.05, 0.1) is 12.2 Å². The Balaban J connectivity index is 2.63. The Kier molecular flexibility index (Phi) is 4.97. The van der Waals surface area contributed by atoms with Gasteiger partial charge in [0.1, 0.15) is 0 Å². The molecule has 0 bridgehead atoms. The van der Waals surface area contributed by atoms with Crippen LogP contribution in [-0.4, -0.2) is 19.2 Å². The zero-order valence-electron chi connectivity index (χ0n) is 10.8. The summed E-state index contributed by atoms with van der Waals surface area (Å²) in [4.78, 5) is 0. The molecule has 0 atom stereocenters. The second kappa shape index (κ2) is 6.02. The Labute approximate surface area is 99.0 Å². The van der Waals surface area contributed by atoms with E-state index in [0.717, 1.165) is 13.0 Å². The van der Waals surface area contributed by atoms with Crippen LogP contribution in [0.3, 0.4) is 0 Å². The van der Waals surface area contributed by atoms with Gasteiger partial charge in [-0.15, -0.1) is 0 Å². The first-order chi connectivity index (χ1) is 7.53. The molecule has 1 aromatic rings. The maximum Gasteiger partial charge on any atom is 0.0726 e. The van der Waals surface area contributed by atoms with Gasteiger partial charge in [0, 0.05) is 0 Å². The molecule has 0 aromatic heterocycles. The SMILES string of the molecule is CNCCc1ccccc1COC(C)(C)C. The fraction of sp³-hybridized carbons (Fsp3) is 0.571. The van der Waals surface area contributed by atoms with Gasteiger partial charge in [-0.3, -0.25) is 0 Å². The van der Waals surface area contributed by atoms with Crippen LogP contribution in [0, 0.1) is 0 Å². The Morgan fingerprint density at radius 1 is 1.12 bits per heavy atom. The Hall–Kier alpha value is -0.860. The van der Waals surface area contributed by atoms with Gasteiger partial charge in [0.25, 0.3) is 0 Å². The minimum absolute atomic E-state index is 0.0733. The largest absolute Gasteiger partial charge is 0.371 e. The number of nitrogens with one attached hydrogen (secondary N) is 1. The van der Waals surface area contributed by atoms with E-state index in [1.807, 2.05) is 7.05 Å². The average molecular weight is 221 g/mol. The molecule has 0 aliphatic rings. The van der Waals surface area contributed by atoms with Gasteiger partial charge in [-0.2, -0.15) is 0 Å². The molecule has 0 saturated carbocycles. The van der Waals surface area contributed by atoms with Gasteiger partial charge in [-0.25, -0.2) is 0 Å². The van der Waals surface area contributed by atoms with E-state index in [4.69, 9.17) is 4.74 Å². The molecule has 0 amide bonds. The lowest BCUT2D eigenvalue weighted by Gasteiger charge is -2.20. The summed E-state index contributed by atoms with van der Waals surface area (Å²) in [5, 5.41) is 3.17. The minimum atomic E-state index is -0.0733. The number of likely N-dealkylation sites (N-methyl/N-ethyl adjacent to an activating group) is 1. The molecule has 0 aliphatic carbocycles. The minimum Gasteiger partial charge on any atom is -0.371 e. The molecular formula is C14H23NO. The van der Waals surface area contributed by atoms with Crippen LogP contribution in [0.5, 0.6) is 0 Å². The molecule has 0 aliphatic heterocycles. The van der Waals surface area contributed by atoms with Gasteiger partial charge in [0.15, 0.2) is 0 Å². The molecule has 1 aromatic carbocycles. The summed E-state index contributed by atoms with van der Waals surface area (Å²) >= 11 is 0. The summed E-state index contributed by atoms with van der Waals surface area (Å²) in [5.74, 6) is 0. The molecule has 0 fully saturated rings. The van der Waals surface area contributed by atoms with Crippen molar-refractivity contribution in [1.82, 2.24) is 5.32 Å². The van der Waals surface area contributed by atoms with E-state index < -0.39 is 0 Å². The van der Waals surface area contributed by atoms with Crippen LogP contribution in [-0.2, 0) is 17.8 Å². The van der Waals surface area contributed by atoms with Gasteiger partial charge in [0.2, 0.25) is 0 Å². The first kappa shape index (κ1) is 13.2. The fourth-order valence-electron chi connectivity index (χ4n) is 1.50. The van der Waals surface area contributed by atoms with Crippen molar-refractivity contribution in [2.24, 2.45) is 0 Å². The van der Waals surface area contributed by atoms with Crippen LogP contribution in [0.15, 0.2) is 24.3 Å². The summed E-state index contributed by atoms with van der Waals surface area (Å²) in [6, 6.07) is 8.49. The fourth-order valence-corrected chi connectivity index (χ4v) is 1.50. The van der Waals surface area contributed by atoms with E-state index >= 15 is 0 Å². The third-order valence-electron chi connectivity index (χ3n) is 2.42. The highest BCUT2D eigenvalue weighted by Crippen LogP contribution is 2.15. The van der Waals surface area contributed by atoms with E-state index in [1.165, 1.54) is 11.1 Å². The number of hydrogen-bond acceptors (Lipinski definition) is 2. The second-order valence-electron chi connectivity index (χ2n) is 5.02. The number of ether oxygens (including phenoxy) is 1. The molecule has 2 nitrogen and oxygen atoms in total. The predicted molar refractivity (Wildman–Crippen MR) is 68.6 cm³/mol. The molecular weight excluding hydrogens is 198 g/mol. The smallest absolute Gasteiger partial charge is 0.0726 e. The average Bonchev–Trinajstić information content (AvgIpc) is 2.23. The third kappa shape index (κ3) is 4.77. The van der Waals surface area contributed by atoms with E-state index in [0.29, 0.717) is 6.61 Å². The zero-order valence-corrected chi connectivity index (χ0v) is 10.8. The van der Waals surface area contributed by atoms with Gasteiger partial charge in [-0.1, -0.05) is 24.3 Å². The maximum absolute atomic E-state index is 5.82. The van der Waals surface area contributed by atoms with E-state index in [2.05, 4.69) is 50.4 Å². The molecule has 90 valence electrons. The zero-order chi connectivity index (χ0) is 12.0. The molecule has 0 saturated heterocycles. The number of rotatable bonds is 5. The van der Waals surface area contributed by atoms with Crippen LogP contribution in [0.1, 0.15) is 31.9 Å². The number of hydrogen-bond donors (Lipinski definition) is 1. The van der Waals surface area contributed by atoms with Crippen molar-refractivity contribution in [3.63, 3.8) is 0 Å². The third-order valence-corrected chi connectivity index (χ3v) is 2.42. The van der Waals surface area contributed by atoms with Crippen molar-refractivity contribution < 1.29 is 4.74 Å². The highest BCUT2D eigenvalue weighted by Gasteiger charge is 2.11. The Bertz CT molecular complexity index is 315. The molecule has 0 radical (unpaired) electrons. The Morgan fingerprint density at radius 2 is 1.75 bits per heavy atom. The molecule has 0 heterocycles. The molecule has 0 spiro atoms. The van der Waals surface area contributed by atoms with Crippen molar-refractivity contribution in [3.8, 4) is 0 Å². The maximum atomic E-state index is 5.82. The first-order valence-corrected chi connectivity index (χ1v) is 5.88. The van der Waals surface area contributed by atoms with Crippen molar-refractivity contribution >= 4 is 0 Å². The summed E-state index contributed by atoms with van der Waals surface area (Å²) in [6.07, 6.45) is 1.06. The quantitative estimate of drug-likeness (QED) is 0.825. The Morgan fingerprint density at radius 3 is 2.31 bits per heavy atom. The topological polar surface area (TPSA) is 21.3 Å².